The van der Waals surface area contributed by atoms with Crippen molar-refractivity contribution in [2.45, 2.75) is 45.8 Å². The van der Waals surface area contributed by atoms with Crippen molar-refractivity contribution in [3.8, 4) is 0 Å². The Kier molecular flexibility index (Phi) is 4.49. The lowest BCUT2D eigenvalue weighted by atomic mass is 10.1. The van der Waals surface area contributed by atoms with Gasteiger partial charge >= 0.3 is 11.9 Å². The van der Waals surface area contributed by atoms with Gasteiger partial charge in [0.25, 0.3) is 0 Å². The van der Waals surface area contributed by atoms with Gasteiger partial charge in [0.15, 0.2) is 0 Å². The molecule has 2 rings (SSSR count). The van der Waals surface area contributed by atoms with E-state index in [0.717, 1.165) is 10.9 Å². The summed E-state index contributed by atoms with van der Waals surface area (Å²) < 4.78 is 6.94. The van der Waals surface area contributed by atoms with Crippen LogP contribution in [0.4, 0.5) is 0 Å². The van der Waals surface area contributed by atoms with E-state index in [4.69, 9.17) is 9.84 Å². The standard InChI is InChI=1S/C16H20N2O4/c1-16(2,3)22-15(21)10-12-11-6-4-5-7-13(11)18(17-12)9-8-14(19)20/h4-7H,8-10H2,1-3H3,(H,19,20). The van der Waals surface area contributed by atoms with E-state index in [0.29, 0.717) is 5.69 Å². The summed E-state index contributed by atoms with van der Waals surface area (Å²) in [6, 6.07) is 7.46. The number of ether oxygens (including phenoxy) is 1. The molecule has 1 N–H and O–H groups in total. The van der Waals surface area contributed by atoms with Gasteiger partial charge in [-0.2, -0.15) is 5.10 Å². The Bertz CT molecular complexity index is 698. The molecule has 0 fully saturated rings. The highest BCUT2D eigenvalue weighted by molar-refractivity contribution is 5.86. The van der Waals surface area contributed by atoms with E-state index in [1.807, 2.05) is 45.0 Å². The van der Waals surface area contributed by atoms with Gasteiger partial charge in [-0.15, -0.1) is 0 Å². The number of aromatic nitrogens is 2. The number of fused-ring (bicyclic) bond motifs is 1. The molecular formula is C16H20N2O4. The van der Waals surface area contributed by atoms with Crippen LogP contribution in [0.2, 0.25) is 0 Å². The molecule has 2 aromatic rings. The Morgan fingerprint density at radius 2 is 1.95 bits per heavy atom. The van der Waals surface area contributed by atoms with Gasteiger partial charge < -0.3 is 9.84 Å². The van der Waals surface area contributed by atoms with Crippen LogP contribution < -0.4 is 0 Å². The van der Waals surface area contributed by atoms with Crippen molar-refractivity contribution in [1.29, 1.82) is 0 Å². The van der Waals surface area contributed by atoms with E-state index in [9.17, 15) is 9.59 Å². The first-order valence-electron chi connectivity index (χ1n) is 7.14. The van der Waals surface area contributed by atoms with Crippen LogP contribution in [0.3, 0.4) is 0 Å². The summed E-state index contributed by atoms with van der Waals surface area (Å²) in [4.78, 5) is 22.7. The summed E-state index contributed by atoms with van der Waals surface area (Å²) in [5.74, 6) is -1.23. The molecule has 0 amide bonds. The summed E-state index contributed by atoms with van der Waals surface area (Å²) in [7, 11) is 0. The van der Waals surface area contributed by atoms with Crippen LogP contribution in [-0.2, 0) is 27.3 Å². The van der Waals surface area contributed by atoms with E-state index in [2.05, 4.69) is 5.10 Å². The number of carbonyl (C=O) groups is 2. The van der Waals surface area contributed by atoms with Gasteiger partial charge in [0.2, 0.25) is 0 Å². The maximum absolute atomic E-state index is 12.0. The molecule has 6 heteroatoms. The zero-order chi connectivity index (χ0) is 16.3. The number of aryl methyl sites for hydroxylation is 1. The molecular weight excluding hydrogens is 284 g/mol. The molecule has 0 saturated heterocycles. The molecule has 0 atom stereocenters. The molecule has 1 aromatic heterocycles. The van der Waals surface area contributed by atoms with E-state index in [1.165, 1.54) is 0 Å². The number of nitrogens with zero attached hydrogens (tertiary/aromatic N) is 2. The molecule has 1 heterocycles. The smallest absolute Gasteiger partial charge is 0.312 e. The number of benzene rings is 1. The molecule has 0 radical (unpaired) electrons. The molecule has 1 aromatic carbocycles. The summed E-state index contributed by atoms with van der Waals surface area (Å²) in [5.41, 5.74) is 0.885. The van der Waals surface area contributed by atoms with E-state index in [1.54, 1.807) is 4.68 Å². The largest absolute Gasteiger partial charge is 0.481 e. The Morgan fingerprint density at radius 3 is 2.59 bits per heavy atom. The molecule has 22 heavy (non-hydrogen) atoms. The predicted molar refractivity (Wildman–Crippen MR) is 81.5 cm³/mol. The van der Waals surface area contributed by atoms with Crippen molar-refractivity contribution >= 4 is 22.8 Å². The first-order chi connectivity index (χ1) is 10.3. The molecule has 0 aliphatic carbocycles. The number of aliphatic carboxylic acids is 1. The Balaban J connectivity index is 2.26. The SMILES string of the molecule is CC(C)(C)OC(=O)Cc1nn(CCC(=O)O)c2ccccc12. The van der Waals surface area contributed by atoms with Crippen molar-refractivity contribution < 1.29 is 19.4 Å². The lowest BCUT2D eigenvalue weighted by Gasteiger charge is -2.19. The van der Waals surface area contributed by atoms with E-state index < -0.39 is 11.6 Å². The number of hydrogen-bond acceptors (Lipinski definition) is 4. The van der Waals surface area contributed by atoms with Crippen LogP contribution in [-0.4, -0.2) is 32.4 Å². The maximum Gasteiger partial charge on any atom is 0.312 e. The minimum Gasteiger partial charge on any atom is -0.481 e. The zero-order valence-electron chi connectivity index (χ0n) is 13.0. The number of carboxylic acid groups (broad SMARTS) is 1. The lowest BCUT2D eigenvalue weighted by Crippen LogP contribution is -2.25. The average molecular weight is 304 g/mol. The topological polar surface area (TPSA) is 81.4 Å². The van der Waals surface area contributed by atoms with Crippen molar-refractivity contribution in [1.82, 2.24) is 9.78 Å². The number of para-hydroxylation sites is 1. The summed E-state index contributed by atoms with van der Waals surface area (Å²) in [6.07, 6.45) is 0.0510. The molecule has 0 aliphatic heterocycles. The number of hydrogen-bond donors (Lipinski definition) is 1. The summed E-state index contributed by atoms with van der Waals surface area (Å²) in [6.45, 7) is 5.71. The lowest BCUT2D eigenvalue weighted by molar-refractivity contribution is -0.154. The minimum absolute atomic E-state index is 0.0163. The predicted octanol–water partition coefficient (Wildman–Crippen LogP) is 2.40. The molecule has 0 unspecified atom stereocenters. The second-order valence-corrected chi connectivity index (χ2v) is 6.09. The molecule has 6 nitrogen and oxygen atoms in total. The highest BCUT2D eigenvalue weighted by Crippen LogP contribution is 2.20. The van der Waals surface area contributed by atoms with Gasteiger partial charge in [-0.3, -0.25) is 14.3 Å². The van der Waals surface area contributed by atoms with Crippen LogP contribution >= 0.6 is 0 Å². The summed E-state index contributed by atoms with van der Waals surface area (Å²) in [5, 5.41) is 14.0. The highest BCUT2D eigenvalue weighted by atomic mass is 16.6. The third-order valence-corrected chi connectivity index (χ3v) is 3.00. The van der Waals surface area contributed by atoms with Gasteiger partial charge in [-0.1, -0.05) is 18.2 Å². The zero-order valence-corrected chi connectivity index (χ0v) is 13.0. The second kappa shape index (κ2) is 6.17. The number of rotatable bonds is 5. The molecule has 0 aliphatic rings. The first-order valence-corrected chi connectivity index (χ1v) is 7.14. The van der Waals surface area contributed by atoms with Crippen LogP contribution in [0.1, 0.15) is 32.9 Å². The average Bonchev–Trinajstić information content (AvgIpc) is 2.73. The minimum atomic E-state index is -0.881. The van der Waals surface area contributed by atoms with E-state index >= 15 is 0 Å². The molecule has 0 spiro atoms. The molecule has 0 saturated carbocycles. The Hall–Kier alpha value is -2.37. The fourth-order valence-corrected chi connectivity index (χ4v) is 2.21. The fraction of sp³-hybridized carbons (Fsp3) is 0.438. The van der Waals surface area contributed by atoms with Crippen LogP contribution in [0, 0.1) is 0 Å². The van der Waals surface area contributed by atoms with Crippen molar-refractivity contribution in [2.75, 3.05) is 0 Å². The quantitative estimate of drug-likeness (QED) is 0.858. The Labute approximate surface area is 128 Å². The maximum atomic E-state index is 12.0. The van der Waals surface area contributed by atoms with Crippen LogP contribution in [0.15, 0.2) is 24.3 Å². The number of carbonyl (C=O) groups excluding carboxylic acids is 1. The van der Waals surface area contributed by atoms with Crippen LogP contribution in [0.5, 0.6) is 0 Å². The third-order valence-electron chi connectivity index (χ3n) is 3.00. The highest BCUT2D eigenvalue weighted by Gasteiger charge is 2.19. The van der Waals surface area contributed by atoms with Crippen molar-refractivity contribution in [2.24, 2.45) is 0 Å². The van der Waals surface area contributed by atoms with Gasteiger partial charge in [0.05, 0.1) is 30.6 Å². The second-order valence-electron chi connectivity index (χ2n) is 6.09. The normalized spacial score (nSPS) is 11.6. The Morgan fingerprint density at radius 1 is 1.27 bits per heavy atom. The van der Waals surface area contributed by atoms with Crippen molar-refractivity contribution in [3.05, 3.63) is 30.0 Å². The monoisotopic (exact) mass is 304 g/mol. The van der Waals surface area contributed by atoms with Crippen LogP contribution in [0.25, 0.3) is 10.9 Å². The first kappa shape index (κ1) is 16.0. The number of esters is 1. The third kappa shape index (κ3) is 4.07. The summed E-state index contributed by atoms with van der Waals surface area (Å²) >= 11 is 0. The fourth-order valence-electron chi connectivity index (χ4n) is 2.21. The molecule has 0 bridgehead atoms. The van der Waals surface area contributed by atoms with E-state index in [-0.39, 0.29) is 25.4 Å². The van der Waals surface area contributed by atoms with Gasteiger partial charge in [-0.25, -0.2) is 0 Å². The number of carboxylic acids is 1. The van der Waals surface area contributed by atoms with Gasteiger partial charge in [0.1, 0.15) is 5.60 Å². The van der Waals surface area contributed by atoms with Gasteiger partial charge in [0, 0.05) is 5.39 Å². The van der Waals surface area contributed by atoms with Crippen molar-refractivity contribution in [3.63, 3.8) is 0 Å². The molecule has 118 valence electrons. The van der Waals surface area contributed by atoms with Gasteiger partial charge in [-0.05, 0) is 26.8 Å².